The van der Waals surface area contributed by atoms with Gasteiger partial charge in [-0.15, -0.1) is 0 Å². The van der Waals surface area contributed by atoms with Gasteiger partial charge < -0.3 is 30.5 Å². The van der Waals surface area contributed by atoms with Crippen molar-refractivity contribution in [1.82, 2.24) is 15.1 Å². The SMILES string of the molecule is N#Cc1c2cc(Br)c(Cl)cc2nn1[C@H]1C=C(C(=O)O)O[C@@H]([C@H](O)[C@H](O)CO)[C@@H]1NC(=O)Cc1ccccc1. The topological polar surface area (TPSA) is 178 Å². The summed E-state index contributed by atoms with van der Waals surface area (Å²) in [5.74, 6) is -2.58. The Morgan fingerprint density at radius 2 is 1.97 bits per heavy atom. The van der Waals surface area contributed by atoms with Crippen LogP contribution < -0.4 is 5.32 Å². The molecule has 2 aromatic carbocycles. The zero-order valence-electron chi connectivity index (χ0n) is 19.5. The van der Waals surface area contributed by atoms with E-state index in [4.69, 9.17) is 16.3 Å². The molecule has 0 radical (unpaired) electrons. The maximum Gasteiger partial charge on any atom is 0.370 e. The maximum atomic E-state index is 13.1. The molecule has 5 atom stereocenters. The van der Waals surface area contributed by atoms with Gasteiger partial charge in [0.05, 0.1) is 35.7 Å². The number of carboxylic acids is 1. The number of aliphatic carboxylic acids is 1. The third-order valence-corrected chi connectivity index (χ3v) is 7.29. The van der Waals surface area contributed by atoms with Gasteiger partial charge in [-0.25, -0.2) is 9.48 Å². The molecule has 0 unspecified atom stereocenters. The molecule has 11 nitrogen and oxygen atoms in total. The number of nitrogens with one attached hydrogen (secondary N) is 1. The summed E-state index contributed by atoms with van der Waals surface area (Å²) in [6, 6.07) is 11.6. The summed E-state index contributed by atoms with van der Waals surface area (Å²) in [5, 5.41) is 58.0. The number of fused-ring (bicyclic) bond motifs is 1. The number of ether oxygens (including phenoxy) is 1. The van der Waals surface area contributed by atoms with Crippen LogP contribution in [0.5, 0.6) is 0 Å². The number of halogens is 2. The van der Waals surface area contributed by atoms with E-state index in [1.165, 1.54) is 10.7 Å². The Balaban J connectivity index is 1.85. The number of aliphatic hydroxyl groups is 3. The number of aliphatic hydroxyl groups excluding tert-OH is 3. The Morgan fingerprint density at radius 3 is 2.61 bits per heavy atom. The van der Waals surface area contributed by atoms with E-state index in [0.717, 1.165) is 6.08 Å². The van der Waals surface area contributed by atoms with E-state index in [2.05, 4.69) is 32.4 Å². The first-order valence-electron chi connectivity index (χ1n) is 11.3. The zero-order valence-corrected chi connectivity index (χ0v) is 21.9. The lowest BCUT2D eigenvalue weighted by molar-refractivity contribution is -0.147. The van der Waals surface area contributed by atoms with Crippen molar-refractivity contribution in [3.8, 4) is 6.07 Å². The summed E-state index contributed by atoms with van der Waals surface area (Å²) < 4.78 is 7.23. The van der Waals surface area contributed by atoms with Crippen LogP contribution in [0, 0.1) is 11.3 Å². The van der Waals surface area contributed by atoms with Gasteiger partial charge in [-0.1, -0.05) is 41.9 Å². The number of nitriles is 1. The molecule has 0 fully saturated rings. The number of nitrogens with zero attached hydrogens (tertiary/aromatic N) is 3. The van der Waals surface area contributed by atoms with Crippen LogP contribution in [0.3, 0.4) is 0 Å². The van der Waals surface area contributed by atoms with E-state index >= 15 is 0 Å². The lowest BCUT2D eigenvalue weighted by atomic mass is 9.91. The summed E-state index contributed by atoms with van der Waals surface area (Å²) in [5.41, 5.74) is 1.05. The van der Waals surface area contributed by atoms with Crippen LogP contribution in [-0.2, 0) is 20.7 Å². The predicted octanol–water partition coefficient (Wildman–Crippen LogP) is 1.67. The van der Waals surface area contributed by atoms with Crippen LogP contribution in [0.15, 0.2) is 58.8 Å². The molecule has 0 aliphatic carbocycles. The lowest BCUT2D eigenvalue weighted by Gasteiger charge is -2.40. The van der Waals surface area contributed by atoms with Crippen molar-refractivity contribution in [2.75, 3.05) is 6.61 Å². The Labute approximate surface area is 229 Å². The normalized spacial score (nSPS) is 20.6. The summed E-state index contributed by atoms with van der Waals surface area (Å²) in [6.07, 6.45) is -3.96. The minimum absolute atomic E-state index is 0.0310. The van der Waals surface area contributed by atoms with E-state index in [1.807, 2.05) is 0 Å². The summed E-state index contributed by atoms with van der Waals surface area (Å²) >= 11 is 9.52. The molecule has 0 saturated heterocycles. The number of carbonyl (C=O) groups is 2. The van der Waals surface area contributed by atoms with Crippen molar-refractivity contribution in [3.63, 3.8) is 0 Å². The fourth-order valence-corrected chi connectivity index (χ4v) is 4.78. The molecule has 1 aliphatic rings. The molecule has 13 heteroatoms. The highest BCUT2D eigenvalue weighted by atomic mass is 79.9. The quantitative estimate of drug-likeness (QED) is 0.255. The number of hydrogen-bond donors (Lipinski definition) is 5. The van der Waals surface area contributed by atoms with Crippen LogP contribution in [0.1, 0.15) is 17.3 Å². The molecule has 1 amide bonds. The number of carboxylic acid groups (broad SMARTS) is 1. The van der Waals surface area contributed by atoms with Gasteiger partial charge in [-0.05, 0) is 39.7 Å². The molecule has 5 N–H and O–H groups in total. The van der Waals surface area contributed by atoms with Gasteiger partial charge in [0.2, 0.25) is 11.7 Å². The van der Waals surface area contributed by atoms with Crippen molar-refractivity contribution < 1.29 is 34.8 Å². The minimum atomic E-state index is -1.81. The average molecular weight is 606 g/mol. The van der Waals surface area contributed by atoms with Crippen LogP contribution >= 0.6 is 27.5 Å². The van der Waals surface area contributed by atoms with Crippen molar-refractivity contribution in [3.05, 3.63) is 75.1 Å². The average Bonchev–Trinajstić information content (AvgIpc) is 3.25. The molecule has 0 spiro atoms. The largest absolute Gasteiger partial charge is 0.478 e. The molecule has 1 aromatic heterocycles. The molecule has 0 bridgehead atoms. The van der Waals surface area contributed by atoms with Crippen LogP contribution in [0.4, 0.5) is 0 Å². The summed E-state index contributed by atoms with van der Waals surface area (Å²) in [6.45, 7) is -0.857. The zero-order chi connectivity index (χ0) is 27.6. The molecule has 1 aliphatic heterocycles. The third-order valence-electron chi connectivity index (χ3n) is 6.10. The van der Waals surface area contributed by atoms with Gasteiger partial charge in [-0.3, -0.25) is 4.79 Å². The van der Waals surface area contributed by atoms with E-state index in [9.17, 15) is 35.3 Å². The Kier molecular flexibility index (Phi) is 8.35. The van der Waals surface area contributed by atoms with Gasteiger partial charge >= 0.3 is 5.97 Å². The van der Waals surface area contributed by atoms with Gasteiger partial charge in [-0.2, -0.15) is 10.4 Å². The fourth-order valence-electron chi connectivity index (χ4n) is 4.28. The molecule has 3 aromatic rings. The molecular formula is C25H22BrClN4O7. The van der Waals surface area contributed by atoms with Crippen LogP contribution in [0.2, 0.25) is 5.02 Å². The number of hydrogen-bond acceptors (Lipinski definition) is 8. The Morgan fingerprint density at radius 1 is 1.26 bits per heavy atom. The molecule has 0 saturated carbocycles. The minimum Gasteiger partial charge on any atom is -0.478 e. The Hall–Kier alpha value is -3.47. The van der Waals surface area contributed by atoms with Crippen molar-refractivity contribution >= 4 is 50.3 Å². The predicted molar refractivity (Wildman–Crippen MR) is 138 cm³/mol. The standard InChI is InChI=1S/C25H22BrClN4O7/c26-14-7-13-16(8-15(14)27)30-31(18(13)10-28)17-9-20(25(36)37)38-24(23(35)19(33)11-32)22(17)29-21(34)6-12-4-2-1-3-5-12/h1-5,7-9,17,19,22-24,32-33,35H,6,11H2,(H,29,34)(H,36,37)/t17-,19+,22+,23+,24+/m0/s1. The van der Waals surface area contributed by atoms with E-state index < -0.39 is 54.6 Å². The monoisotopic (exact) mass is 604 g/mol. The van der Waals surface area contributed by atoms with E-state index in [1.54, 1.807) is 36.4 Å². The van der Waals surface area contributed by atoms with Crippen molar-refractivity contribution in [2.45, 2.75) is 36.8 Å². The van der Waals surface area contributed by atoms with Gasteiger partial charge in [0.1, 0.15) is 30.1 Å². The number of benzene rings is 2. The Bertz CT molecular complexity index is 1440. The number of rotatable bonds is 8. The first-order chi connectivity index (χ1) is 18.1. The molecular weight excluding hydrogens is 584 g/mol. The first-order valence-corrected chi connectivity index (χ1v) is 12.5. The second-order valence-electron chi connectivity index (χ2n) is 8.59. The van der Waals surface area contributed by atoms with Gasteiger partial charge in [0.15, 0.2) is 0 Å². The van der Waals surface area contributed by atoms with Gasteiger partial charge in [0, 0.05) is 9.86 Å². The van der Waals surface area contributed by atoms with Gasteiger partial charge in [0.25, 0.3) is 0 Å². The summed E-state index contributed by atoms with van der Waals surface area (Å²) in [7, 11) is 0. The van der Waals surface area contributed by atoms with Crippen LogP contribution in [-0.4, -0.2) is 73.0 Å². The van der Waals surface area contributed by atoms with Crippen molar-refractivity contribution in [1.29, 1.82) is 5.26 Å². The van der Waals surface area contributed by atoms with E-state index in [-0.39, 0.29) is 12.1 Å². The second-order valence-corrected chi connectivity index (χ2v) is 9.86. The number of aromatic nitrogens is 2. The first kappa shape index (κ1) is 27.6. The number of amides is 1. The lowest BCUT2D eigenvalue weighted by Crippen LogP contribution is -2.59. The summed E-state index contributed by atoms with van der Waals surface area (Å²) in [4.78, 5) is 25.0. The van der Waals surface area contributed by atoms with E-state index in [0.29, 0.717) is 26.0 Å². The number of carbonyl (C=O) groups excluding carboxylic acids is 1. The molecule has 2 heterocycles. The molecule has 38 heavy (non-hydrogen) atoms. The van der Waals surface area contributed by atoms with Crippen LogP contribution in [0.25, 0.3) is 10.9 Å². The highest BCUT2D eigenvalue weighted by Gasteiger charge is 2.45. The maximum absolute atomic E-state index is 13.1. The highest BCUT2D eigenvalue weighted by Crippen LogP contribution is 2.35. The fraction of sp³-hybridized carbons (Fsp3) is 0.280. The van der Waals surface area contributed by atoms with Crippen molar-refractivity contribution in [2.24, 2.45) is 0 Å². The molecule has 198 valence electrons. The second kappa shape index (κ2) is 11.5. The molecule has 4 rings (SSSR count). The third kappa shape index (κ3) is 5.52. The highest BCUT2D eigenvalue weighted by molar-refractivity contribution is 9.10. The smallest absolute Gasteiger partial charge is 0.370 e.